The highest BCUT2D eigenvalue weighted by Gasteiger charge is 2.31. The molecule has 5 aromatic heterocycles. The van der Waals surface area contributed by atoms with Crippen LogP contribution < -0.4 is 11.1 Å². The molecule has 0 atom stereocenters. The summed E-state index contributed by atoms with van der Waals surface area (Å²) in [6, 6.07) is 7.87. The zero-order valence-corrected chi connectivity index (χ0v) is 92.9. The first-order chi connectivity index (χ1) is 65.9. The van der Waals surface area contributed by atoms with Crippen molar-refractivity contribution in [3.63, 3.8) is 0 Å². The van der Waals surface area contributed by atoms with Crippen LogP contribution in [0.3, 0.4) is 0 Å². The van der Waals surface area contributed by atoms with Crippen molar-refractivity contribution in [1.29, 1.82) is 5.26 Å². The molecule has 0 saturated heterocycles. The molecule has 0 radical (unpaired) electrons. The van der Waals surface area contributed by atoms with E-state index in [4.69, 9.17) is 79.3 Å². The van der Waals surface area contributed by atoms with E-state index in [1.54, 1.807) is 79.2 Å². The maximum atomic E-state index is 11.4. The number of ketones is 1. The van der Waals surface area contributed by atoms with Crippen LogP contribution in [0, 0.1) is 54.7 Å². The summed E-state index contributed by atoms with van der Waals surface area (Å²) in [7, 11) is 8.26. The van der Waals surface area contributed by atoms with Gasteiger partial charge in [0.2, 0.25) is 0 Å². The van der Waals surface area contributed by atoms with Crippen LogP contribution in [0.25, 0.3) is 0 Å². The standard InChI is InChI=1S/C18H25N3O2S.C16H25NO4S.C14H23NO3S.C14H21NO3S.C8H13ClO3.C8H15NO2S.C8H13NO2.C8H14O4.C7H12O4/c1-18(2,12-17(22)23)11-16-21-14(13-24-16)7-3-5-9-19-15-8-4-6-10-20-15;1-12(18)21-8-6-5-7-13-11-22-14(17-13)9-16(2,3)10-15(19)20-4;2*1-14(2,9-13(17)18-3)8-12-15-11(10-19-12)6-4-5-7-16;1-7(10)12-5-3-2-4-8(11)6-9;1-8(2,4-6(9)12)5-7(10)11-3;1-8(2,4-5-9)6-7(10)11-3;1-8(2,4-6(9)10)5-7(11)12-3;1-7(2,3-5(8)9)4-6(10)11/h4,6,8,10,13H,3,5,7,9,11-12H2,1-2H3,(H,19,20)(H,22,23);11H,5-10H2,1-4H3;10,16H,4-9H2,1-3H3;7,10H,4-6,8-9H2,1-3H3;2-6H2,1H3;4-5H2,1-3H3,(H2,9,12);4,6H2,1-3H3;4-5H2,1-3H3,(H,9,10);3-4H2,1-2H3,(H,8,9)(H,10,11). The van der Waals surface area contributed by atoms with Gasteiger partial charge in [0.25, 0.3) is 0 Å². The van der Waals surface area contributed by atoms with Gasteiger partial charge in [-0.25, -0.2) is 24.9 Å². The Labute approximate surface area is 866 Å². The molecule has 5 rings (SSSR count). The van der Waals surface area contributed by atoms with E-state index >= 15 is 0 Å². The number of methoxy groups -OCH3 is 6. The number of aliphatic hydroxyl groups is 1. The summed E-state index contributed by atoms with van der Waals surface area (Å²) < 4.78 is 37.2. The number of nitrogens with two attached hydrogens (primary N) is 1. The van der Waals surface area contributed by atoms with Gasteiger partial charge >= 0.3 is 71.6 Å². The first kappa shape index (κ1) is 138. The van der Waals surface area contributed by atoms with Gasteiger partial charge in [-0.05, 0) is 139 Å². The van der Waals surface area contributed by atoms with Crippen LogP contribution in [-0.4, -0.2) is 214 Å². The van der Waals surface area contributed by atoms with Crippen molar-refractivity contribution in [2.45, 2.75) is 324 Å². The number of rotatable bonds is 56. The van der Waals surface area contributed by atoms with Gasteiger partial charge in [-0.3, -0.25) is 62.3 Å². The Kier molecular flexibility index (Phi) is 73.8. The van der Waals surface area contributed by atoms with Gasteiger partial charge in [0.1, 0.15) is 17.9 Å². The molecule has 0 spiro atoms. The summed E-state index contributed by atoms with van der Waals surface area (Å²) in [4.78, 5) is 173. The van der Waals surface area contributed by atoms with Crippen LogP contribution in [-0.2, 0) is 156 Å². The van der Waals surface area contributed by atoms with Crippen molar-refractivity contribution in [1.82, 2.24) is 24.9 Å². The molecule has 0 fully saturated rings. The number of pyridine rings is 1. The average Bonchev–Trinajstić information content (AvgIpc) is 1.73. The van der Waals surface area contributed by atoms with Gasteiger partial charge in [0, 0.05) is 106 Å². The van der Waals surface area contributed by atoms with Gasteiger partial charge in [-0.2, -0.15) is 5.26 Å². The normalized spacial score (nSPS) is 11.0. The minimum Gasteiger partial charge on any atom is -0.481 e. The number of carbonyl (C=O) groups excluding carboxylic acids is 10. The van der Waals surface area contributed by atoms with Crippen LogP contribution >= 0.6 is 69.2 Å². The predicted octanol–water partition coefficient (Wildman–Crippen LogP) is 18.8. The number of Topliss-reactive ketones (excluding diaryl/α,β-unsaturated/α-hetero) is 1. The molecule has 5 heterocycles. The largest absolute Gasteiger partial charge is 0.481 e. The maximum absolute atomic E-state index is 11.4. The summed E-state index contributed by atoms with van der Waals surface area (Å²) in [5, 5.41) is 67.1. The lowest BCUT2D eigenvalue weighted by Crippen LogP contribution is -2.24. The number of aromatic nitrogens is 5. The maximum Gasteiger partial charge on any atom is 0.306 e. The molecule has 0 aliphatic heterocycles. The Morgan fingerprint density at radius 1 is 0.430 bits per heavy atom. The van der Waals surface area contributed by atoms with E-state index in [0.717, 1.165) is 164 Å². The molecule has 0 aliphatic rings. The minimum absolute atomic E-state index is 0.0257. The number of aryl methyl sites for hydroxylation is 4. The number of thiazole rings is 4. The number of carbonyl (C=O) groups is 14. The summed E-state index contributed by atoms with van der Waals surface area (Å²) in [6.07, 6.45) is 21.3. The fraction of sp³-hybridized carbons (Fsp3) is 0.673. The summed E-state index contributed by atoms with van der Waals surface area (Å²) in [6.45, 7) is 35.3. The third-order valence-electron chi connectivity index (χ3n) is 19.6. The lowest BCUT2D eigenvalue weighted by molar-refractivity contribution is -0.146. The molecule has 0 amide bonds. The van der Waals surface area contributed by atoms with E-state index in [9.17, 15) is 67.1 Å². The first-order valence-corrected chi connectivity index (χ1v) is 51.1. The fourth-order valence-electron chi connectivity index (χ4n) is 12.6. The highest BCUT2D eigenvalue weighted by atomic mass is 35.5. The molecule has 0 saturated carbocycles. The van der Waals surface area contributed by atoms with E-state index in [2.05, 4.69) is 79.2 Å². The molecule has 0 unspecified atom stereocenters. The van der Waals surface area contributed by atoms with Crippen LogP contribution in [0.4, 0.5) is 5.82 Å². The fourth-order valence-corrected chi connectivity index (χ4v) is 17.5. The molecular formula is C101H161ClN8O27S5. The Morgan fingerprint density at radius 2 is 0.725 bits per heavy atom. The van der Waals surface area contributed by atoms with E-state index in [0.29, 0.717) is 82.4 Å². The number of alkyl halides is 1. The number of thiocarbonyl (C=S) groups is 1. The molecule has 0 aromatic carbocycles. The van der Waals surface area contributed by atoms with Crippen molar-refractivity contribution in [3.05, 3.63) is 88.7 Å². The number of carboxylic acids is 4. The molecular weight excluding hydrogens is 1950 g/mol. The number of aliphatic hydroxyl groups excluding tert-OH is 1. The van der Waals surface area contributed by atoms with Crippen molar-refractivity contribution >= 4 is 164 Å². The van der Waals surface area contributed by atoms with Crippen LogP contribution in [0.2, 0.25) is 0 Å². The molecule has 41 heteroatoms. The number of ether oxygens (including phenoxy) is 8. The number of nitrogens with zero attached hydrogens (tertiary/aromatic N) is 6. The molecule has 8 N–H and O–H groups in total. The first-order valence-electron chi connectivity index (χ1n) is 46.7. The van der Waals surface area contributed by atoms with E-state index in [1.807, 2.05) is 98.9 Å². The van der Waals surface area contributed by atoms with Gasteiger partial charge < -0.3 is 79.3 Å². The number of halogens is 1. The highest BCUT2D eigenvalue weighted by molar-refractivity contribution is 7.80. The van der Waals surface area contributed by atoms with Crippen molar-refractivity contribution in [2.75, 3.05) is 80.2 Å². The van der Waals surface area contributed by atoms with Crippen LogP contribution in [0.15, 0.2) is 45.9 Å². The molecule has 35 nitrogen and oxygen atoms in total. The second-order valence-corrected chi connectivity index (χ2v) is 44.4. The highest BCUT2D eigenvalue weighted by Crippen LogP contribution is 2.34. The zero-order chi connectivity index (χ0) is 110. The van der Waals surface area contributed by atoms with E-state index in [1.165, 1.54) is 56.5 Å². The second-order valence-electron chi connectivity index (χ2n) is 39.8. The molecule has 0 bridgehead atoms. The number of hydrogen-bond acceptors (Lipinski definition) is 35. The topological polar surface area (TPSA) is 540 Å². The Hall–Kier alpha value is -9.92. The van der Waals surface area contributed by atoms with Gasteiger partial charge in [-0.1, -0.05) is 129 Å². The number of hydrogen-bond donors (Lipinski definition) is 7. The summed E-state index contributed by atoms with van der Waals surface area (Å²) in [5.74, 6) is -4.47. The molecule has 804 valence electrons. The monoisotopic (exact) mass is 2110 g/mol. The Bertz CT molecular complexity index is 4510. The number of aliphatic carboxylic acids is 4. The van der Waals surface area contributed by atoms with Gasteiger partial charge in [0.05, 0.1) is 180 Å². The predicted molar refractivity (Wildman–Crippen MR) is 554 cm³/mol. The van der Waals surface area contributed by atoms with Crippen LogP contribution in [0.1, 0.15) is 315 Å². The number of unbranched alkanes of at least 4 members (excludes halogenated alkanes) is 5. The van der Waals surface area contributed by atoms with Gasteiger partial charge in [0.15, 0.2) is 0 Å². The second kappa shape index (κ2) is 75.8. The zero-order valence-electron chi connectivity index (χ0n) is 88.0. The number of carboxylic acid groups (broad SMARTS) is 4. The number of nitriles is 1. The average molecular weight is 2120 g/mol. The van der Waals surface area contributed by atoms with Crippen molar-refractivity contribution in [3.8, 4) is 6.07 Å². The van der Waals surface area contributed by atoms with Crippen molar-refractivity contribution < 1.29 is 131 Å². The SMILES string of the molecule is CC(=O)OCCCCC(=O)CCl.CC(C)(CC(=O)O)CC(=O)O.CC(C)(CC(=O)O)Cc1nc(CCCCNc2ccccn2)cs1.COC(=O)CC(C)(C)CC#N.COC(=O)CC(C)(C)CC(=O)O.COC(=O)CC(C)(C)CC(N)=S.COC(=O)CC(C)(C)Cc1nc(CCCC=O)cs1.COC(=O)CC(C)(C)Cc1nc(CCCCO)cs1.COC(=O)CC(C)(C)Cc1nc(CCCCOC(C)=O)cs1. The third-order valence-corrected chi connectivity index (χ3v) is 23.6. The summed E-state index contributed by atoms with van der Waals surface area (Å²) in [5.41, 5.74) is 7.34. The molecule has 5 aromatic rings. The Morgan fingerprint density at radius 3 is 1.02 bits per heavy atom. The lowest BCUT2D eigenvalue weighted by atomic mass is 9.86. The lowest BCUT2D eigenvalue weighted by Gasteiger charge is -2.21. The number of aldehydes is 1. The molecule has 0 aliphatic carbocycles. The number of anilines is 1. The smallest absolute Gasteiger partial charge is 0.306 e. The third kappa shape index (κ3) is 83.5. The van der Waals surface area contributed by atoms with Crippen LogP contribution in [0.5, 0.6) is 0 Å². The summed E-state index contributed by atoms with van der Waals surface area (Å²) >= 11 is 16.6. The van der Waals surface area contributed by atoms with E-state index in [-0.39, 0.29) is 131 Å². The Balaban J connectivity index is -0.000000766. The quantitative estimate of drug-likeness (QED) is 0.00475. The van der Waals surface area contributed by atoms with Gasteiger partial charge in [-0.15, -0.1) is 56.9 Å². The number of nitrogens with one attached hydrogen (secondary N) is 1. The van der Waals surface area contributed by atoms with Crippen molar-refractivity contribution in [2.24, 2.45) is 49.1 Å². The minimum atomic E-state index is -0.962. The van der Waals surface area contributed by atoms with E-state index < -0.39 is 34.7 Å². The number of esters is 8. The molecule has 142 heavy (non-hydrogen) atoms.